The van der Waals surface area contributed by atoms with Crippen LogP contribution in [0.1, 0.15) is 31.4 Å². The van der Waals surface area contributed by atoms with Gasteiger partial charge in [-0.2, -0.15) is 8.42 Å². The molecule has 3 aromatic carbocycles. The summed E-state index contributed by atoms with van der Waals surface area (Å²) >= 11 is 0. The van der Waals surface area contributed by atoms with E-state index in [2.05, 4.69) is 0 Å². The maximum absolute atomic E-state index is 13.1. The maximum atomic E-state index is 13.1. The zero-order valence-corrected chi connectivity index (χ0v) is 20.2. The molecular weight excluding hydrogens is 457 g/mol. The van der Waals surface area contributed by atoms with Gasteiger partial charge in [-0.15, -0.1) is 0 Å². The fraction of sp³-hybridized carbons (Fsp3) is 0.269. The highest BCUT2D eigenvalue weighted by Gasteiger charge is 2.20. The first kappa shape index (κ1) is 25.2. The van der Waals surface area contributed by atoms with Crippen molar-refractivity contribution in [3.63, 3.8) is 0 Å². The summed E-state index contributed by atoms with van der Waals surface area (Å²) in [6, 6.07) is 18.4. The van der Waals surface area contributed by atoms with Crippen molar-refractivity contribution in [2.45, 2.75) is 44.2 Å². The van der Waals surface area contributed by atoms with Crippen molar-refractivity contribution in [1.29, 1.82) is 0 Å². The predicted molar refractivity (Wildman–Crippen MR) is 128 cm³/mol. The minimum atomic E-state index is -4.08. The molecule has 0 aliphatic rings. The average molecular weight is 486 g/mol. The van der Waals surface area contributed by atoms with Gasteiger partial charge >= 0.3 is 10.1 Å². The minimum absolute atomic E-state index is 0.00118. The number of amides is 1. The SMILES string of the molecule is CCC(C)N(Cc1ccc(OS(=O)(=O)c2ccc(F)cc2)cc1)C(=O)Cc1ccc(OC)cc1. The molecule has 34 heavy (non-hydrogen) atoms. The fourth-order valence-electron chi connectivity index (χ4n) is 3.35. The molecule has 0 bridgehead atoms. The summed E-state index contributed by atoms with van der Waals surface area (Å²) in [6.45, 7) is 4.41. The fourth-order valence-corrected chi connectivity index (χ4v) is 4.28. The van der Waals surface area contributed by atoms with Crippen LogP contribution in [0.5, 0.6) is 11.5 Å². The van der Waals surface area contributed by atoms with Gasteiger partial charge in [0.25, 0.3) is 0 Å². The van der Waals surface area contributed by atoms with Crippen LogP contribution >= 0.6 is 0 Å². The highest BCUT2D eigenvalue weighted by atomic mass is 32.2. The molecule has 3 rings (SSSR count). The molecule has 0 spiro atoms. The lowest BCUT2D eigenvalue weighted by atomic mass is 10.1. The summed E-state index contributed by atoms with van der Waals surface area (Å²) < 4.78 is 48.2. The Balaban J connectivity index is 1.69. The van der Waals surface area contributed by atoms with Gasteiger partial charge in [0.05, 0.1) is 13.5 Å². The molecular formula is C26H28FNO5S. The number of hydrogen-bond acceptors (Lipinski definition) is 5. The van der Waals surface area contributed by atoms with Crippen LogP contribution in [-0.4, -0.2) is 32.4 Å². The Kier molecular flexibility index (Phi) is 8.28. The van der Waals surface area contributed by atoms with Gasteiger partial charge in [-0.3, -0.25) is 4.79 Å². The van der Waals surface area contributed by atoms with E-state index in [0.29, 0.717) is 6.54 Å². The van der Waals surface area contributed by atoms with Crippen LogP contribution in [0.2, 0.25) is 0 Å². The third-order valence-corrected chi connectivity index (χ3v) is 6.80. The summed E-state index contributed by atoms with van der Waals surface area (Å²) in [4.78, 5) is 14.8. The number of carbonyl (C=O) groups excluding carboxylic acids is 1. The number of methoxy groups -OCH3 is 1. The second kappa shape index (κ2) is 11.2. The molecule has 1 atom stereocenters. The lowest BCUT2D eigenvalue weighted by Gasteiger charge is -2.29. The molecule has 180 valence electrons. The first-order chi connectivity index (χ1) is 16.2. The van der Waals surface area contributed by atoms with Gasteiger partial charge in [0.2, 0.25) is 5.91 Å². The zero-order chi connectivity index (χ0) is 24.7. The number of benzene rings is 3. The number of carbonyl (C=O) groups is 1. The van der Waals surface area contributed by atoms with Crippen molar-refractivity contribution in [3.05, 3.63) is 89.7 Å². The first-order valence-corrected chi connectivity index (χ1v) is 12.3. The molecule has 0 heterocycles. The average Bonchev–Trinajstić information content (AvgIpc) is 2.83. The lowest BCUT2D eigenvalue weighted by molar-refractivity contribution is -0.133. The standard InChI is InChI=1S/C26H28FNO5S/c1-4-19(2)28(26(29)17-20-5-11-23(32-3)12-6-20)18-21-7-13-24(14-8-21)33-34(30,31)25-15-9-22(27)10-16-25/h5-16,19H,4,17-18H2,1-3H3. The van der Waals surface area contributed by atoms with E-state index in [1.54, 1.807) is 31.4 Å². The summed E-state index contributed by atoms with van der Waals surface area (Å²) in [5.41, 5.74) is 1.74. The van der Waals surface area contributed by atoms with Crippen LogP contribution in [0, 0.1) is 5.82 Å². The van der Waals surface area contributed by atoms with Crippen molar-refractivity contribution in [2.75, 3.05) is 7.11 Å². The van der Waals surface area contributed by atoms with E-state index in [-0.39, 0.29) is 29.0 Å². The van der Waals surface area contributed by atoms with Gasteiger partial charge in [-0.1, -0.05) is 31.2 Å². The van der Waals surface area contributed by atoms with E-state index in [4.69, 9.17) is 8.92 Å². The third kappa shape index (κ3) is 6.57. The Morgan fingerprint density at radius 2 is 1.47 bits per heavy atom. The van der Waals surface area contributed by atoms with Crippen LogP contribution in [0.15, 0.2) is 77.7 Å². The van der Waals surface area contributed by atoms with Gasteiger partial charge in [0.1, 0.15) is 22.2 Å². The van der Waals surface area contributed by atoms with Crippen LogP contribution in [0.4, 0.5) is 4.39 Å². The zero-order valence-electron chi connectivity index (χ0n) is 19.4. The number of hydrogen-bond donors (Lipinski definition) is 0. The Bertz CT molecular complexity index is 1190. The van der Waals surface area contributed by atoms with Crippen LogP contribution < -0.4 is 8.92 Å². The Labute approximate surface area is 200 Å². The van der Waals surface area contributed by atoms with E-state index in [0.717, 1.165) is 47.6 Å². The number of halogens is 1. The highest BCUT2D eigenvalue weighted by molar-refractivity contribution is 7.87. The van der Waals surface area contributed by atoms with Crippen LogP contribution in [-0.2, 0) is 27.9 Å². The second-order valence-electron chi connectivity index (χ2n) is 7.94. The Hall–Kier alpha value is -3.39. The van der Waals surface area contributed by atoms with Gasteiger partial charge in [-0.25, -0.2) is 4.39 Å². The van der Waals surface area contributed by atoms with Crippen molar-refractivity contribution in [3.8, 4) is 11.5 Å². The summed E-state index contributed by atoms with van der Waals surface area (Å²) in [6.07, 6.45) is 1.07. The molecule has 1 amide bonds. The number of nitrogens with zero attached hydrogens (tertiary/aromatic N) is 1. The molecule has 8 heteroatoms. The molecule has 0 aromatic heterocycles. The van der Waals surface area contributed by atoms with E-state index in [9.17, 15) is 17.6 Å². The van der Waals surface area contributed by atoms with Crippen LogP contribution in [0.3, 0.4) is 0 Å². The van der Waals surface area contributed by atoms with Gasteiger partial charge < -0.3 is 13.8 Å². The van der Waals surface area contributed by atoms with Crippen molar-refractivity contribution < 1.29 is 26.5 Å². The molecule has 0 saturated carbocycles. The van der Waals surface area contributed by atoms with Crippen molar-refractivity contribution in [2.24, 2.45) is 0 Å². The van der Waals surface area contributed by atoms with E-state index >= 15 is 0 Å². The lowest BCUT2D eigenvalue weighted by Crippen LogP contribution is -2.38. The Morgan fingerprint density at radius 3 is 2.03 bits per heavy atom. The van der Waals surface area contributed by atoms with Crippen LogP contribution in [0.25, 0.3) is 0 Å². The summed E-state index contributed by atoms with van der Waals surface area (Å²) in [5, 5.41) is 0. The molecule has 6 nitrogen and oxygen atoms in total. The molecule has 3 aromatic rings. The third-order valence-electron chi connectivity index (χ3n) is 5.54. The van der Waals surface area contributed by atoms with Crippen molar-refractivity contribution in [1.82, 2.24) is 4.90 Å². The minimum Gasteiger partial charge on any atom is -0.497 e. The normalized spacial score (nSPS) is 12.1. The molecule has 0 aliphatic heterocycles. The Morgan fingerprint density at radius 1 is 0.912 bits per heavy atom. The molecule has 0 saturated heterocycles. The molecule has 0 aliphatic carbocycles. The number of ether oxygens (including phenoxy) is 1. The number of rotatable bonds is 10. The summed E-state index contributed by atoms with van der Waals surface area (Å²) in [5.74, 6) is 0.334. The van der Waals surface area contributed by atoms with E-state index < -0.39 is 15.9 Å². The van der Waals surface area contributed by atoms with Crippen molar-refractivity contribution >= 4 is 16.0 Å². The van der Waals surface area contributed by atoms with Gasteiger partial charge in [0.15, 0.2) is 0 Å². The molecule has 0 fully saturated rings. The predicted octanol–water partition coefficient (Wildman–Crippen LogP) is 4.97. The molecule has 1 unspecified atom stereocenters. The van der Waals surface area contributed by atoms with E-state index in [1.165, 1.54) is 0 Å². The van der Waals surface area contributed by atoms with E-state index in [1.807, 2.05) is 43.0 Å². The van der Waals surface area contributed by atoms with Gasteiger partial charge in [0, 0.05) is 12.6 Å². The topological polar surface area (TPSA) is 72.9 Å². The second-order valence-corrected chi connectivity index (χ2v) is 9.49. The van der Waals surface area contributed by atoms with Gasteiger partial charge in [-0.05, 0) is 73.0 Å². The molecule has 0 N–H and O–H groups in total. The summed E-state index contributed by atoms with van der Waals surface area (Å²) in [7, 11) is -2.48. The highest BCUT2D eigenvalue weighted by Crippen LogP contribution is 2.21. The largest absolute Gasteiger partial charge is 0.497 e. The first-order valence-electron chi connectivity index (χ1n) is 10.9. The monoisotopic (exact) mass is 485 g/mol. The smallest absolute Gasteiger partial charge is 0.339 e. The maximum Gasteiger partial charge on any atom is 0.339 e. The quantitative estimate of drug-likeness (QED) is 0.379. The molecule has 0 radical (unpaired) electrons.